The molecular formula is C5H6IN3O. The Balaban J connectivity index is 3.46. The highest BCUT2D eigenvalue weighted by molar-refractivity contribution is 14.1. The number of aromatic nitrogens is 2. The Labute approximate surface area is 71.0 Å². The van der Waals surface area contributed by atoms with Crippen LogP contribution in [0.15, 0.2) is 4.79 Å². The molecule has 0 saturated carbocycles. The average Bonchev–Trinajstić information content (AvgIpc) is 1.82. The molecule has 0 radical (unpaired) electrons. The van der Waals surface area contributed by atoms with E-state index in [4.69, 9.17) is 5.73 Å². The lowest BCUT2D eigenvalue weighted by Gasteiger charge is -1.95. The molecule has 1 heterocycles. The van der Waals surface area contributed by atoms with Gasteiger partial charge in [0.2, 0.25) is 5.95 Å². The molecule has 1 aromatic rings. The minimum absolute atomic E-state index is 0.167. The number of nitrogens with zero attached hydrogens (tertiary/aromatic N) is 1. The minimum atomic E-state index is -0.170. The molecule has 0 unspecified atom stereocenters. The number of aromatic amines is 1. The number of rotatable bonds is 0. The van der Waals surface area contributed by atoms with Crippen molar-refractivity contribution >= 4 is 28.5 Å². The van der Waals surface area contributed by atoms with E-state index >= 15 is 0 Å². The molecule has 0 saturated heterocycles. The number of hydrogen-bond acceptors (Lipinski definition) is 3. The zero-order chi connectivity index (χ0) is 7.72. The molecule has 10 heavy (non-hydrogen) atoms. The molecular weight excluding hydrogens is 245 g/mol. The first kappa shape index (κ1) is 7.52. The molecule has 0 aromatic carbocycles. The van der Waals surface area contributed by atoms with E-state index in [0.717, 1.165) is 0 Å². The zero-order valence-corrected chi connectivity index (χ0v) is 7.47. The number of anilines is 1. The third-order valence-electron chi connectivity index (χ3n) is 1.11. The van der Waals surface area contributed by atoms with E-state index in [2.05, 4.69) is 9.97 Å². The lowest BCUT2D eigenvalue weighted by Crippen LogP contribution is -2.15. The summed E-state index contributed by atoms with van der Waals surface area (Å²) in [6.07, 6.45) is 0. The van der Waals surface area contributed by atoms with Crippen LogP contribution in [0.2, 0.25) is 0 Å². The Kier molecular flexibility index (Phi) is 1.93. The summed E-state index contributed by atoms with van der Waals surface area (Å²) in [4.78, 5) is 17.1. The zero-order valence-electron chi connectivity index (χ0n) is 5.31. The van der Waals surface area contributed by atoms with Crippen LogP contribution in [0.25, 0.3) is 0 Å². The largest absolute Gasteiger partial charge is 0.369 e. The fourth-order valence-corrected chi connectivity index (χ4v) is 1.03. The molecule has 0 amide bonds. The summed E-state index contributed by atoms with van der Waals surface area (Å²) in [5.74, 6) is 0.167. The van der Waals surface area contributed by atoms with Crippen molar-refractivity contribution in [1.82, 2.24) is 9.97 Å². The van der Waals surface area contributed by atoms with Gasteiger partial charge in [0.05, 0.1) is 0 Å². The Morgan fingerprint density at radius 3 is 2.80 bits per heavy atom. The molecule has 54 valence electrons. The van der Waals surface area contributed by atoms with E-state index in [1.165, 1.54) is 0 Å². The second-order valence-electron chi connectivity index (χ2n) is 1.87. The molecule has 0 bridgehead atoms. The van der Waals surface area contributed by atoms with Crippen molar-refractivity contribution in [3.8, 4) is 0 Å². The SMILES string of the molecule is Cc1c(I)nc(N)[nH]c1=O. The maximum absolute atomic E-state index is 10.9. The van der Waals surface area contributed by atoms with Crippen molar-refractivity contribution < 1.29 is 0 Å². The van der Waals surface area contributed by atoms with Gasteiger partial charge < -0.3 is 5.73 Å². The van der Waals surface area contributed by atoms with Gasteiger partial charge in [0.15, 0.2) is 0 Å². The number of nitrogens with one attached hydrogen (secondary N) is 1. The van der Waals surface area contributed by atoms with Crippen molar-refractivity contribution in [1.29, 1.82) is 0 Å². The van der Waals surface area contributed by atoms with Gasteiger partial charge in [0.1, 0.15) is 3.70 Å². The summed E-state index contributed by atoms with van der Waals surface area (Å²) < 4.78 is 0.652. The predicted molar refractivity (Wildman–Crippen MR) is 46.7 cm³/mol. The first-order chi connectivity index (χ1) is 4.61. The van der Waals surface area contributed by atoms with Gasteiger partial charge in [0, 0.05) is 5.56 Å². The average molecular weight is 251 g/mol. The van der Waals surface area contributed by atoms with Gasteiger partial charge in [-0.25, -0.2) is 4.98 Å². The lowest BCUT2D eigenvalue weighted by atomic mass is 10.4. The standard InChI is InChI=1S/C5H6IN3O/c1-2-3(6)8-5(7)9-4(2)10/h1H3,(H3,7,8,9,10). The van der Waals surface area contributed by atoms with E-state index in [1.807, 2.05) is 22.6 Å². The quantitative estimate of drug-likeness (QED) is 0.513. The molecule has 1 aromatic heterocycles. The van der Waals surface area contributed by atoms with Crippen LogP contribution in [-0.4, -0.2) is 9.97 Å². The molecule has 5 heteroatoms. The third-order valence-corrected chi connectivity index (χ3v) is 2.16. The summed E-state index contributed by atoms with van der Waals surface area (Å²) >= 11 is 1.96. The van der Waals surface area contributed by atoms with Gasteiger partial charge in [-0.15, -0.1) is 0 Å². The summed E-state index contributed by atoms with van der Waals surface area (Å²) in [7, 11) is 0. The van der Waals surface area contributed by atoms with E-state index in [9.17, 15) is 4.79 Å². The normalized spacial score (nSPS) is 9.80. The molecule has 0 aliphatic rings. The second kappa shape index (κ2) is 2.57. The summed E-state index contributed by atoms with van der Waals surface area (Å²) in [5, 5.41) is 0. The number of nitrogen functional groups attached to an aromatic ring is 1. The number of H-pyrrole nitrogens is 1. The molecule has 3 N–H and O–H groups in total. The van der Waals surface area contributed by atoms with Crippen molar-refractivity contribution in [3.63, 3.8) is 0 Å². The van der Waals surface area contributed by atoms with Gasteiger partial charge in [-0.2, -0.15) is 0 Å². The fourth-order valence-electron chi connectivity index (χ4n) is 0.521. The van der Waals surface area contributed by atoms with Crippen LogP contribution < -0.4 is 11.3 Å². The maximum Gasteiger partial charge on any atom is 0.256 e. The summed E-state index contributed by atoms with van der Waals surface area (Å²) in [6.45, 7) is 1.70. The smallest absolute Gasteiger partial charge is 0.256 e. The van der Waals surface area contributed by atoms with Crippen LogP contribution in [0, 0.1) is 10.6 Å². The number of hydrogen-bond donors (Lipinski definition) is 2. The molecule has 0 aliphatic carbocycles. The van der Waals surface area contributed by atoms with E-state index in [-0.39, 0.29) is 11.5 Å². The lowest BCUT2D eigenvalue weighted by molar-refractivity contribution is 1.06. The van der Waals surface area contributed by atoms with Crippen LogP contribution in [-0.2, 0) is 0 Å². The Morgan fingerprint density at radius 1 is 1.70 bits per heavy atom. The summed E-state index contributed by atoms with van der Waals surface area (Å²) in [6, 6.07) is 0. The fraction of sp³-hybridized carbons (Fsp3) is 0.200. The minimum Gasteiger partial charge on any atom is -0.369 e. The monoisotopic (exact) mass is 251 g/mol. The second-order valence-corrected chi connectivity index (χ2v) is 2.89. The topological polar surface area (TPSA) is 71.8 Å². The van der Waals surface area contributed by atoms with Crippen molar-refractivity contribution in [2.75, 3.05) is 5.73 Å². The molecule has 4 nitrogen and oxygen atoms in total. The first-order valence-electron chi connectivity index (χ1n) is 2.63. The van der Waals surface area contributed by atoms with Crippen molar-refractivity contribution in [3.05, 3.63) is 19.6 Å². The van der Waals surface area contributed by atoms with Gasteiger partial charge in [-0.3, -0.25) is 9.78 Å². The van der Waals surface area contributed by atoms with Gasteiger partial charge in [-0.1, -0.05) is 0 Å². The third kappa shape index (κ3) is 1.28. The number of nitrogens with two attached hydrogens (primary N) is 1. The molecule has 0 aliphatic heterocycles. The van der Waals surface area contributed by atoms with Gasteiger partial charge in [-0.05, 0) is 29.5 Å². The van der Waals surface area contributed by atoms with E-state index in [0.29, 0.717) is 9.26 Å². The van der Waals surface area contributed by atoms with Crippen LogP contribution in [0.3, 0.4) is 0 Å². The molecule has 0 atom stereocenters. The Morgan fingerprint density at radius 2 is 2.30 bits per heavy atom. The number of halogens is 1. The first-order valence-corrected chi connectivity index (χ1v) is 3.71. The van der Waals surface area contributed by atoms with Crippen molar-refractivity contribution in [2.45, 2.75) is 6.92 Å². The maximum atomic E-state index is 10.9. The highest BCUT2D eigenvalue weighted by Gasteiger charge is 2.00. The van der Waals surface area contributed by atoms with Gasteiger partial charge >= 0.3 is 0 Å². The summed E-state index contributed by atoms with van der Waals surface area (Å²) in [5.41, 5.74) is 5.69. The predicted octanol–water partition coefficient (Wildman–Crippen LogP) is 0.265. The molecule has 1 rings (SSSR count). The van der Waals surface area contributed by atoms with E-state index in [1.54, 1.807) is 6.92 Å². The Bertz CT molecular complexity index is 306. The Hall–Kier alpha value is -0.590. The van der Waals surface area contributed by atoms with Crippen LogP contribution in [0.1, 0.15) is 5.56 Å². The highest BCUT2D eigenvalue weighted by Crippen LogP contribution is 2.02. The molecule has 0 fully saturated rings. The highest BCUT2D eigenvalue weighted by atomic mass is 127. The van der Waals surface area contributed by atoms with Crippen LogP contribution in [0.4, 0.5) is 5.95 Å². The molecule has 0 spiro atoms. The van der Waals surface area contributed by atoms with E-state index < -0.39 is 0 Å². The van der Waals surface area contributed by atoms with Crippen molar-refractivity contribution in [2.24, 2.45) is 0 Å². The van der Waals surface area contributed by atoms with Crippen LogP contribution >= 0.6 is 22.6 Å². The van der Waals surface area contributed by atoms with Gasteiger partial charge in [0.25, 0.3) is 5.56 Å². The van der Waals surface area contributed by atoms with Crippen LogP contribution in [0.5, 0.6) is 0 Å².